The Hall–Kier alpha value is -2.04. The highest BCUT2D eigenvalue weighted by molar-refractivity contribution is 5.92. The molecular formula is C15H20N2O3. The highest BCUT2D eigenvalue weighted by atomic mass is 16.4. The highest BCUT2D eigenvalue weighted by Gasteiger charge is 2.50. The van der Waals surface area contributed by atoms with Crippen molar-refractivity contribution in [2.45, 2.75) is 26.7 Å². The first kappa shape index (κ1) is 14.4. The molecule has 0 unspecified atom stereocenters. The van der Waals surface area contributed by atoms with Gasteiger partial charge in [-0.25, -0.2) is 4.79 Å². The van der Waals surface area contributed by atoms with Crippen molar-refractivity contribution in [2.75, 3.05) is 18.5 Å². The first-order valence-corrected chi connectivity index (χ1v) is 6.67. The van der Waals surface area contributed by atoms with E-state index >= 15 is 0 Å². The van der Waals surface area contributed by atoms with Crippen LogP contribution < -0.4 is 10.2 Å². The number of benzene rings is 1. The summed E-state index contributed by atoms with van der Waals surface area (Å²) in [6.45, 7) is 4.15. The van der Waals surface area contributed by atoms with Crippen LogP contribution in [0.15, 0.2) is 18.2 Å². The molecule has 2 N–H and O–H groups in total. The van der Waals surface area contributed by atoms with Crippen molar-refractivity contribution in [3.05, 3.63) is 29.3 Å². The molecule has 0 bridgehead atoms. The number of hydrogen-bond donors (Lipinski definition) is 2. The summed E-state index contributed by atoms with van der Waals surface area (Å²) in [6.07, 6.45) is 1.27. The number of anilines is 1. The molecular weight excluding hydrogens is 256 g/mol. The van der Waals surface area contributed by atoms with Gasteiger partial charge in [-0.1, -0.05) is 6.07 Å². The molecule has 1 saturated carbocycles. The number of aliphatic carboxylic acids is 1. The highest BCUT2D eigenvalue weighted by Crippen LogP contribution is 2.45. The van der Waals surface area contributed by atoms with E-state index in [1.807, 2.05) is 32.0 Å². The van der Waals surface area contributed by atoms with Gasteiger partial charge in [0, 0.05) is 19.3 Å². The number of nitrogens with one attached hydrogen (secondary N) is 1. The Morgan fingerprint density at radius 2 is 1.80 bits per heavy atom. The van der Waals surface area contributed by atoms with Crippen molar-refractivity contribution in [1.29, 1.82) is 0 Å². The van der Waals surface area contributed by atoms with Crippen LogP contribution in [0.5, 0.6) is 0 Å². The van der Waals surface area contributed by atoms with Crippen molar-refractivity contribution >= 4 is 17.7 Å². The summed E-state index contributed by atoms with van der Waals surface area (Å²) in [7, 11) is 1.68. The minimum atomic E-state index is -0.827. The second-order valence-corrected chi connectivity index (χ2v) is 5.65. The van der Waals surface area contributed by atoms with E-state index in [1.165, 1.54) is 4.90 Å². The zero-order valence-electron chi connectivity index (χ0n) is 12.1. The van der Waals surface area contributed by atoms with Crippen molar-refractivity contribution in [1.82, 2.24) is 5.32 Å². The van der Waals surface area contributed by atoms with Gasteiger partial charge in [0.1, 0.15) is 0 Å². The second-order valence-electron chi connectivity index (χ2n) is 5.65. The summed E-state index contributed by atoms with van der Waals surface area (Å²) in [5.74, 6) is -0.827. The predicted octanol–water partition coefficient (Wildman–Crippen LogP) is 2.31. The van der Waals surface area contributed by atoms with Crippen LogP contribution in [0.2, 0.25) is 0 Å². The first-order valence-electron chi connectivity index (χ1n) is 6.67. The van der Waals surface area contributed by atoms with Gasteiger partial charge in [0.15, 0.2) is 0 Å². The van der Waals surface area contributed by atoms with Crippen LogP contribution in [0.4, 0.5) is 10.5 Å². The van der Waals surface area contributed by atoms with Gasteiger partial charge in [-0.05, 0) is 49.9 Å². The molecule has 0 saturated heterocycles. The van der Waals surface area contributed by atoms with E-state index in [-0.39, 0.29) is 12.6 Å². The molecule has 1 aliphatic rings. The predicted molar refractivity (Wildman–Crippen MR) is 77.0 cm³/mol. The molecule has 5 heteroatoms. The fourth-order valence-corrected chi connectivity index (χ4v) is 2.24. The third-order valence-corrected chi connectivity index (χ3v) is 3.78. The van der Waals surface area contributed by atoms with Crippen LogP contribution in [-0.2, 0) is 4.79 Å². The van der Waals surface area contributed by atoms with Crippen LogP contribution >= 0.6 is 0 Å². The number of carboxylic acids is 1. The molecule has 108 valence electrons. The van der Waals surface area contributed by atoms with E-state index in [9.17, 15) is 9.59 Å². The molecule has 5 nitrogen and oxygen atoms in total. The van der Waals surface area contributed by atoms with Gasteiger partial charge < -0.3 is 10.4 Å². The van der Waals surface area contributed by atoms with E-state index in [0.717, 1.165) is 16.8 Å². The molecule has 1 fully saturated rings. The third kappa shape index (κ3) is 2.92. The molecule has 20 heavy (non-hydrogen) atoms. The van der Waals surface area contributed by atoms with E-state index in [0.29, 0.717) is 12.8 Å². The normalized spacial score (nSPS) is 15.6. The van der Waals surface area contributed by atoms with Crippen LogP contribution in [0, 0.1) is 19.3 Å². The maximum absolute atomic E-state index is 12.1. The van der Waals surface area contributed by atoms with Gasteiger partial charge in [0.2, 0.25) is 0 Å². The van der Waals surface area contributed by atoms with Crippen LogP contribution in [0.25, 0.3) is 0 Å². The molecule has 1 aromatic rings. The molecule has 1 aromatic carbocycles. The van der Waals surface area contributed by atoms with Gasteiger partial charge in [-0.15, -0.1) is 0 Å². The largest absolute Gasteiger partial charge is 0.481 e. The van der Waals surface area contributed by atoms with E-state index < -0.39 is 11.4 Å². The minimum Gasteiger partial charge on any atom is -0.481 e. The van der Waals surface area contributed by atoms with Crippen molar-refractivity contribution in [3.63, 3.8) is 0 Å². The number of amides is 2. The Kier molecular flexibility index (Phi) is 3.70. The van der Waals surface area contributed by atoms with Gasteiger partial charge in [0.05, 0.1) is 5.41 Å². The number of aryl methyl sites for hydroxylation is 2. The zero-order valence-corrected chi connectivity index (χ0v) is 12.1. The summed E-state index contributed by atoms with van der Waals surface area (Å²) in [6, 6.07) is 5.62. The van der Waals surface area contributed by atoms with Crippen LogP contribution in [0.1, 0.15) is 24.0 Å². The molecule has 0 spiro atoms. The number of carboxylic acid groups (broad SMARTS) is 1. The maximum atomic E-state index is 12.1. The van der Waals surface area contributed by atoms with Crippen molar-refractivity contribution < 1.29 is 14.7 Å². The van der Waals surface area contributed by atoms with E-state index in [2.05, 4.69) is 5.32 Å². The Morgan fingerprint density at radius 1 is 1.25 bits per heavy atom. The fourth-order valence-electron chi connectivity index (χ4n) is 2.24. The van der Waals surface area contributed by atoms with Gasteiger partial charge >= 0.3 is 12.0 Å². The molecule has 0 heterocycles. The number of rotatable bonds is 4. The summed E-state index contributed by atoms with van der Waals surface area (Å²) in [5, 5.41) is 11.8. The third-order valence-electron chi connectivity index (χ3n) is 3.78. The number of nitrogens with zero attached hydrogens (tertiary/aromatic N) is 1. The topological polar surface area (TPSA) is 69.6 Å². The van der Waals surface area contributed by atoms with Crippen LogP contribution in [0.3, 0.4) is 0 Å². The van der Waals surface area contributed by atoms with Gasteiger partial charge in [-0.2, -0.15) is 0 Å². The molecule has 2 rings (SSSR count). The molecule has 0 aliphatic heterocycles. The smallest absolute Gasteiger partial charge is 0.321 e. The molecule has 2 amide bonds. The number of carbonyl (C=O) groups is 2. The van der Waals surface area contributed by atoms with Crippen molar-refractivity contribution in [3.8, 4) is 0 Å². The summed E-state index contributed by atoms with van der Waals surface area (Å²) < 4.78 is 0. The molecule has 0 atom stereocenters. The lowest BCUT2D eigenvalue weighted by molar-refractivity contribution is -0.143. The standard InChI is InChI=1S/C15H20N2O3/c1-10-6-11(2)8-12(7-10)17(3)14(20)16-9-15(4-5-15)13(18)19/h6-8H,4-5,9H2,1-3H3,(H,16,20)(H,18,19). The van der Waals surface area contributed by atoms with E-state index in [1.54, 1.807) is 7.05 Å². The lowest BCUT2D eigenvalue weighted by Crippen LogP contribution is -2.41. The Morgan fingerprint density at radius 3 is 2.25 bits per heavy atom. The molecule has 1 aliphatic carbocycles. The lowest BCUT2D eigenvalue weighted by atomic mass is 10.1. The zero-order chi connectivity index (χ0) is 14.9. The minimum absolute atomic E-state index is 0.191. The molecule has 0 radical (unpaired) electrons. The van der Waals surface area contributed by atoms with Gasteiger partial charge in [0.25, 0.3) is 0 Å². The van der Waals surface area contributed by atoms with Gasteiger partial charge in [-0.3, -0.25) is 9.69 Å². The maximum Gasteiger partial charge on any atom is 0.321 e. The summed E-state index contributed by atoms with van der Waals surface area (Å²) in [4.78, 5) is 24.7. The van der Waals surface area contributed by atoms with Crippen molar-refractivity contribution in [2.24, 2.45) is 5.41 Å². The number of carbonyl (C=O) groups excluding carboxylic acids is 1. The second kappa shape index (κ2) is 5.15. The average molecular weight is 276 g/mol. The summed E-state index contributed by atoms with van der Waals surface area (Å²) in [5.41, 5.74) is 2.24. The number of hydrogen-bond acceptors (Lipinski definition) is 2. The quantitative estimate of drug-likeness (QED) is 0.886. The number of urea groups is 1. The fraction of sp³-hybridized carbons (Fsp3) is 0.467. The average Bonchev–Trinajstić information content (AvgIpc) is 3.15. The Balaban J connectivity index is 2.00. The monoisotopic (exact) mass is 276 g/mol. The van der Waals surface area contributed by atoms with Crippen LogP contribution in [-0.4, -0.2) is 30.7 Å². The SMILES string of the molecule is Cc1cc(C)cc(N(C)C(=O)NCC2(C(=O)O)CC2)c1. The Bertz CT molecular complexity index is 530. The molecule has 0 aromatic heterocycles. The lowest BCUT2D eigenvalue weighted by Gasteiger charge is -2.20. The summed E-state index contributed by atoms with van der Waals surface area (Å²) >= 11 is 0. The first-order chi connectivity index (χ1) is 9.34. The van der Waals surface area contributed by atoms with E-state index in [4.69, 9.17) is 5.11 Å². The Labute approximate surface area is 118 Å².